The molecule has 1 saturated carbocycles. The summed E-state index contributed by atoms with van der Waals surface area (Å²) < 4.78 is 15.5. The lowest BCUT2D eigenvalue weighted by molar-refractivity contribution is -0.133. The van der Waals surface area contributed by atoms with E-state index >= 15 is 0 Å². The van der Waals surface area contributed by atoms with Crippen molar-refractivity contribution in [3.63, 3.8) is 0 Å². The van der Waals surface area contributed by atoms with Gasteiger partial charge in [-0.05, 0) is 32.6 Å². The van der Waals surface area contributed by atoms with Gasteiger partial charge in [-0.1, -0.05) is 18.1 Å². The number of likely N-dealkylation sites (tertiary alicyclic amines) is 1. The average Bonchev–Trinajstić information content (AvgIpc) is 3.28. The van der Waals surface area contributed by atoms with Crippen molar-refractivity contribution in [1.82, 2.24) is 25.2 Å². The van der Waals surface area contributed by atoms with E-state index in [1.165, 1.54) is 17.5 Å². The monoisotopic (exact) mass is 365 g/mol. The van der Waals surface area contributed by atoms with Gasteiger partial charge in [0.2, 0.25) is 5.91 Å². The summed E-state index contributed by atoms with van der Waals surface area (Å²) >= 11 is 0. The smallest absolute Gasteiger partial charge is 0.273 e. The zero-order valence-corrected chi connectivity index (χ0v) is 15.5. The minimum atomic E-state index is -1.00. The fourth-order valence-corrected chi connectivity index (χ4v) is 3.96. The lowest BCUT2D eigenvalue weighted by Gasteiger charge is -2.25. The Bertz CT molecular complexity index is 641. The largest absolute Gasteiger partial charge is 0.348 e. The van der Waals surface area contributed by atoms with Gasteiger partial charge >= 0.3 is 0 Å². The second-order valence-corrected chi connectivity index (χ2v) is 7.84. The lowest BCUT2D eigenvalue weighted by Crippen LogP contribution is -2.39. The molecule has 2 fully saturated rings. The van der Waals surface area contributed by atoms with Crippen LogP contribution in [0.25, 0.3) is 0 Å². The van der Waals surface area contributed by atoms with Crippen molar-refractivity contribution in [1.29, 1.82) is 0 Å². The van der Waals surface area contributed by atoms with Crippen molar-refractivity contribution in [3.05, 3.63) is 11.9 Å². The molecule has 144 valence electrons. The second-order valence-electron chi connectivity index (χ2n) is 7.84. The molecule has 1 aromatic heterocycles. The van der Waals surface area contributed by atoms with E-state index in [1.807, 2.05) is 13.8 Å². The summed E-state index contributed by atoms with van der Waals surface area (Å²) in [5.41, 5.74) is 0.234. The summed E-state index contributed by atoms with van der Waals surface area (Å²) in [6.07, 6.45) is 5.96. The normalized spacial score (nSPS) is 23.8. The van der Waals surface area contributed by atoms with Crippen LogP contribution in [0.3, 0.4) is 0 Å². The van der Waals surface area contributed by atoms with E-state index in [0.29, 0.717) is 25.3 Å². The number of halogens is 1. The van der Waals surface area contributed by atoms with E-state index in [1.54, 1.807) is 11.1 Å². The predicted octanol–water partition coefficient (Wildman–Crippen LogP) is 1.94. The highest BCUT2D eigenvalue weighted by molar-refractivity contribution is 5.91. The molecule has 7 nitrogen and oxygen atoms in total. The van der Waals surface area contributed by atoms with Gasteiger partial charge < -0.3 is 10.2 Å². The molecule has 2 unspecified atom stereocenters. The van der Waals surface area contributed by atoms with Gasteiger partial charge in [0.05, 0.1) is 25.3 Å². The van der Waals surface area contributed by atoms with Crippen LogP contribution in [-0.2, 0) is 11.3 Å². The van der Waals surface area contributed by atoms with Gasteiger partial charge in [0.25, 0.3) is 5.91 Å². The molecule has 0 spiro atoms. The van der Waals surface area contributed by atoms with E-state index in [2.05, 4.69) is 15.6 Å². The van der Waals surface area contributed by atoms with Gasteiger partial charge in [0, 0.05) is 18.9 Å². The minimum Gasteiger partial charge on any atom is -0.348 e. The SMILES string of the molecule is CC(C)NC(=O)c1cn(CC2CC(F)CN2C(=O)CC2CCCC2)nn1. The second kappa shape index (κ2) is 8.14. The van der Waals surface area contributed by atoms with E-state index in [-0.39, 0.29) is 36.1 Å². The Morgan fingerprint density at radius 1 is 1.35 bits per heavy atom. The van der Waals surface area contributed by atoms with E-state index < -0.39 is 6.17 Å². The summed E-state index contributed by atoms with van der Waals surface area (Å²) in [6, 6.07) is -0.222. The molecule has 1 aliphatic heterocycles. The summed E-state index contributed by atoms with van der Waals surface area (Å²) in [5, 5.41) is 10.6. The Balaban J connectivity index is 1.61. The first-order chi connectivity index (χ1) is 12.4. The zero-order chi connectivity index (χ0) is 18.7. The van der Waals surface area contributed by atoms with Crippen LogP contribution < -0.4 is 5.32 Å². The molecule has 1 N–H and O–H groups in total. The van der Waals surface area contributed by atoms with Crippen molar-refractivity contribution < 1.29 is 14.0 Å². The molecular formula is C18H28FN5O2. The number of hydrogen-bond donors (Lipinski definition) is 1. The van der Waals surface area contributed by atoms with Crippen LogP contribution in [0.4, 0.5) is 4.39 Å². The Labute approximate surface area is 153 Å². The van der Waals surface area contributed by atoms with Crippen LogP contribution in [-0.4, -0.2) is 56.5 Å². The maximum atomic E-state index is 14.0. The maximum Gasteiger partial charge on any atom is 0.273 e. The lowest BCUT2D eigenvalue weighted by atomic mass is 10.0. The standard InChI is InChI=1S/C18H28FN5O2/c1-12(2)20-18(26)16-11-23(22-21-16)10-15-8-14(19)9-24(15)17(25)7-13-5-3-4-6-13/h11-15H,3-10H2,1-2H3,(H,20,26). The molecule has 0 bridgehead atoms. The molecule has 26 heavy (non-hydrogen) atoms. The molecule has 1 aromatic rings. The summed E-state index contributed by atoms with van der Waals surface area (Å²) in [5.74, 6) is 0.203. The first kappa shape index (κ1) is 18.8. The molecular weight excluding hydrogens is 337 g/mol. The van der Waals surface area contributed by atoms with Crippen molar-refractivity contribution >= 4 is 11.8 Å². The molecule has 0 radical (unpaired) electrons. The number of carbonyl (C=O) groups is 2. The Morgan fingerprint density at radius 3 is 2.77 bits per heavy atom. The molecule has 2 aliphatic rings. The van der Waals surface area contributed by atoms with Gasteiger partial charge in [0.15, 0.2) is 5.69 Å². The molecule has 2 amide bonds. The van der Waals surface area contributed by atoms with E-state index in [4.69, 9.17) is 0 Å². The van der Waals surface area contributed by atoms with E-state index in [9.17, 15) is 14.0 Å². The third-order valence-electron chi connectivity index (χ3n) is 5.21. The predicted molar refractivity (Wildman–Crippen MR) is 94.2 cm³/mol. The maximum absolute atomic E-state index is 14.0. The van der Waals surface area contributed by atoms with Crippen molar-refractivity contribution in [2.75, 3.05) is 6.54 Å². The highest BCUT2D eigenvalue weighted by atomic mass is 19.1. The van der Waals surface area contributed by atoms with Gasteiger partial charge in [0.1, 0.15) is 6.17 Å². The molecule has 1 aliphatic carbocycles. The van der Waals surface area contributed by atoms with Crippen molar-refractivity contribution in [3.8, 4) is 0 Å². The number of nitrogens with one attached hydrogen (secondary N) is 1. The Kier molecular flexibility index (Phi) is 5.88. The quantitative estimate of drug-likeness (QED) is 0.835. The highest BCUT2D eigenvalue weighted by Gasteiger charge is 2.36. The Morgan fingerprint density at radius 2 is 2.08 bits per heavy atom. The van der Waals surface area contributed by atoms with Crippen LogP contribution in [0.5, 0.6) is 0 Å². The highest BCUT2D eigenvalue weighted by Crippen LogP contribution is 2.30. The molecule has 0 aromatic carbocycles. The van der Waals surface area contributed by atoms with Gasteiger partial charge in [-0.15, -0.1) is 5.10 Å². The third kappa shape index (κ3) is 4.59. The number of aromatic nitrogens is 3. The van der Waals surface area contributed by atoms with Gasteiger partial charge in [-0.3, -0.25) is 9.59 Å². The summed E-state index contributed by atoms with van der Waals surface area (Å²) in [4.78, 5) is 26.3. The number of carbonyl (C=O) groups excluding carboxylic acids is 2. The number of amides is 2. The van der Waals surface area contributed by atoms with Crippen LogP contribution in [0, 0.1) is 5.92 Å². The van der Waals surface area contributed by atoms with Crippen LogP contribution >= 0.6 is 0 Å². The zero-order valence-electron chi connectivity index (χ0n) is 15.5. The summed E-state index contributed by atoms with van der Waals surface area (Å²) in [6.45, 7) is 4.26. The third-order valence-corrected chi connectivity index (χ3v) is 5.21. The Hall–Kier alpha value is -1.99. The molecule has 2 heterocycles. The number of hydrogen-bond acceptors (Lipinski definition) is 4. The first-order valence-corrected chi connectivity index (χ1v) is 9.57. The summed E-state index contributed by atoms with van der Waals surface area (Å²) in [7, 11) is 0. The number of rotatable bonds is 6. The van der Waals surface area contributed by atoms with E-state index in [0.717, 1.165) is 12.8 Å². The molecule has 1 saturated heterocycles. The molecule has 8 heteroatoms. The first-order valence-electron chi connectivity index (χ1n) is 9.57. The topological polar surface area (TPSA) is 80.1 Å². The van der Waals surface area contributed by atoms with Crippen LogP contribution in [0.15, 0.2) is 6.20 Å². The van der Waals surface area contributed by atoms with Crippen molar-refractivity contribution in [2.45, 2.75) is 77.2 Å². The van der Waals surface area contributed by atoms with Crippen LogP contribution in [0.2, 0.25) is 0 Å². The van der Waals surface area contributed by atoms with Crippen LogP contribution in [0.1, 0.15) is 62.9 Å². The molecule has 2 atom stereocenters. The van der Waals surface area contributed by atoms with Crippen molar-refractivity contribution in [2.24, 2.45) is 5.92 Å². The average molecular weight is 365 g/mol. The fraction of sp³-hybridized carbons (Fsp3) is 0.778. The number of alkyl halides is 1. The fourth-order valence-electron chi connectivity index (χ4n) is 3.96. The molecule has 3 rings (SSSR count). The van der Waals surface area contributed by atoms with Gasteiger partial charge in [-0.25, -0.2) is 9.07 Å². The van der Waals surface area contributed by atoms with Gasteiger partial charge in [-0.2, -0.15) is 0 Å². The number of nitrogens with zero attached hydrogens (tertiary/aromatic N) is 4. The minimum absolute atomic E-state index is 0.0125.